The van der Waals surface area contributed by atoms with Crippen LogP contribution in [0.1, 0.15) is 19.3 Å². The van der Waals surface area contributed by atoms with Crippen LogP contribution in [-0.4, -0.2) is 19.8 Å². The number of alkyl halides is 1. The molecule has 10 heavy (non-hydrogen) atoms. The van der Waals surface area contributed by atoms with Crippen LogP contribution in [0.5, 0.6) is 0 Å². The molecule has 0 spiro atoms. The van der Waals surface area contributed by atoms with Gasteiger partial charge in [0.05, 0.1) is 0 Å². The van der Waals surface area contributed by atoms with Gasteiger partial charge >= 0.3 is 0 Å². The van der Waals surface area contributed by atoms with Crippen LogP contribution in [0.3, 0.4) is 0 Å². The molecule has 2 atom stereocenters. The molecule has 1 rings (SSSR count). The Morgan fingerprint density at radius 3 is 2.20 bits per heavy atom. The number of hydrogen-bond donors (Lipinski definition) is 0. The first-order valence-electron chi connectivity index (χ1n) is 3.09. The maximum atomic E-state index is 12.6. The third-order valence-corrected chi connectivity index (χ3v) is 3.67. The normalized spacial score (nSPS) is 34.6. The summed E-state index contributed by atoms with van der Waals surface area (Å²) < 4.78 is 33.8. The molecule has 60 valence electrons. The van der Waals surface area contributed by atoms with Gasteiger partial charge in [0, 0.05) is 10.7 Å². The van der Waals surface area contributed by atoms with Gasteiger partial charge < -0.3 is 0 Å². The summed E-state index contributed by atoms with van der Waals surface area (Å²) >= 11 is 0. The van der Waals surface area contributed by atoms with Gasteiger partial charge in [0.15, 0.2) is 0 Å². The Morgan fingerprint density at radius 2 is 2.00 bits per heavy atom. The van der Waals surface area contributed by atoms with Crippen molar-refractivity contribution in [1.29, 1.82) is 0 Å². The fraction of sp³-hybridized carbons (Fsp3) is 1.00. The average molecular weight is 187 g/mol. The Bertz CT molecular complexity index is 214. The van der Waals surface area contributed by atoms with Crippen molar-refractivity contribution in [2.24, 2.45) is 0 Å². The van der Waals surface area contributed by atoms with Gasteiger partial charge in [0.2, 0.25) is 9.05 Å². The molecule has 1 aliphatic rings. The van der Waals surface area contributed by atoms with Gasteiger partial charge in [-0.25, -0.2) is 12.8 Å². The highest BCUT2D eigenvalue weighted by Gasteiger charge is 2.36. The fourth-order valence-electron chi connectivity index (χ4n) is 1.20. The number of rotatable bonds is 1. The summed E-state index contributed by atoms with van der Waals surface area (Å²) in [5.41, 5.74) is 0. The van der Waals surface area contributed by atoms with Gasteiger partial charge in [-0.3, -0.25) is 0 Å². The molecule has 2 nitrogen and oxygen atoms in total. The standard InChI is InChI=1S/C5H8ClFO2S/c6-10(8,9)5-3-1-2-4(5)7/h4-5H,1-3H2/t4-,5-/m1/s1. The van der Waals surface area contributed by atoms with E-state index in [2.05, 4.69) is 0 Å². The average Bonchev–Trinajstić information content (AvgIpc) is 2.11. The lowest BCUT2D eigenvalue weighted by Gasteiger charge is -2.06. The Morgan fingerprint density at radius 1 is 1.40 bits per heavy atom. The highest BCUT2D eigenvalue weighted by molar-refractivity contribution is 8.14. The minimum Gasteiger partial charge on any atom is -0.246 e. The lowest BCUT2D eigenvalue weighted by Crippen LogP contribution is -2.21. The maximum absolute atomic E-state index is 12.6. The molecular weight excluding hydrogens is 179 g/mol. The molecule has 0 N–H and O–H groups in total. The summed E-state index contributed by atoms with van der Waals surface area (Å²) in [6, 6.07) is 0. The van der Waals surface area contributed by atoms with Crippen LogP contribution < -0.4 is 0 Å². The Labute approximate surface area is 63.8 Å². The molecule has 0 saturated heterocycles. The van der Waals surface area contributed by atoms with Crippen LogP contribution in [0, 0.1) is 0 Å². The summed E-state index contributed by atoms with van der Waals surface area (Å²) in [5.74, 6) is 0. The molecule has 0 aliphatic heterocycles. The van der Waals surface area contributed by atoms with Gasteiger partial charge in [0.25, 0.3) is 0 Å². The second-order valence-electron chi connectivity index (χ2n) is 2.46. The molecule has 0 amide bonds. The number of hydrogen-bond acceptors (Lipinski definition) is 2. The van der Waals surface area contributed by atoms with Crippen LogP contribution >= 0.6 is 10.7 Å². The lowest BCUT2D eigenvalue weighted by molar-refractivity contribution is 0.344. The van der Waals surface area contributed by atoms with Gasteiger partial charge in [0.1, 0.15) is 11.4 Å². The van der Waals surface area contributed by atoms with E-state index in [4.69, 9.17) is 10.7 Å². The van der Waals surface area contributed by atoms with Crippen molar-refractivity contribution in [1.82, 2.24) is 0 Å². The number of halogens is 2. The maximum Gasteiger partial charge on any atom is 0.238 e. The molecule has 0 radical (unpaired) electrons. The molecular formula is C5H8ClFO2S. The SMILES string of the molecule is O=S(=O)(Cl)[C@@H]1CCC[C@H]1F. The molecule has 1 fully saturated rings. The molecule has 0 bridgehead atoms. The topological polar surface area (TPSA) is 34.1 Å². The molecule has 0 aromatic rings. The van der Waals surface area contributed by atoms with E-state index >= 15 is 0 Å². The third kappa shape index (κ3) is 1.61. The van der Waals surface area contributed by atoms with E-state index in [1.165, 1.54) is 0 Å². The predicted octanol–water partition coefficient (Wildman–Crippen LogP) is 1.45. The highest BCUT2D eigenvalue weighted by Crippen LogP contribution is 2.29. The van der Waals surface area contributed by atoms with Crippen molar-refractivity contribution in [2.45, 2.75) is 30.7 Å². The van der Waals surface area contributed by atoms with Crippen molar-refractivity contribution >= 4 is 19.7 Å². The summed E-state index contributed by atoms with van der Waals surface area (Å²) in [5, 5.41) is -0.950. The van der Waals surface area contributed by atoms with E-state index in [9.17, 15) is 12.8 Å². The van der Waals surface area contributed by atoms with E-state index in [1.807, 2.05) is 0 Å². The molecule has 0 aromatic carbocycles. The summed E-state index contributed by atoms with van der Waals surface area (Å²) in [6.45, 7) is 0. The minimum atomic E-state index is -3.65. The van der Waals surface area contributed by atoms with Gasteiger partial charge in [-0.1, -0.05) is 0 Å². The van der Waals surface area contributed by atoms with Crippen LogP contribution in [0.4, 0.5) is 4.39 Å². The first kappa shape index (κ1) is 8.27. The van der Waals surface area contributed by atoms with E-state index in [0.29, 0.717) is 19.3 Å². The molecule has 1 saturated carbocycles. The Hall–Kier alpha value is 0.170. The Balaban J connectivity index is 2.74. The molecule has 0 aromatic heterocycles. The summed E-state index contributed by atoms with van der Waals surface area (Å²) in [6.07, 6.45) is 0.0731. The lowest BCUT2D eigenvalue weighted by atomic mass is 10.3. The molecule has 1 aliphatic carbocycles. The molecule has 5 heteroatoms. The van der Waals surface area contributed by atoms with Crippen molar-refractivity contribution in [3.63, 3.8) is 0 Å². The smallest absolute Gasteiger partial charge is 0.238 e. The van der Waals surface area contributed by atoms with Crippen molar-refractivity contribution in [3.8, 4) is 0 Å². The second-order valence-corrected chi connectivity index (χ2v) is 5.31. The van der Waals surface area contributed by atoms with Crippen molar-refractivity contribution in [3.05, 3.63) is 0 Å². The highest BCUT2D eigenvalue weighted by atomic mass is 35.7. The minimum absolute atomic E-state index is 0.330. The van der Waals surface area contributed by atoms with E-state index in [-0.39, 0.29) is 0 Å². The first-order chi connectivity index (χ1) is 4.52. The quantitative estimate of drug-likeness (QED) is 0.581. The largest absolute Gasteiger partial charge is 0.246 e. The first-order valence-corrected chi connectivity index (χ1v) is 5.46. The zero-order valence-electron chi connectivity index (χ0n) is 5.26. The Kier molecular flexibility index (Phi) is 2.20. The molecule has 0 unspecified atom stereocenters. The predicted molar refractivity (Wildman–Crippen MR) is 37.3 cm³/mol. The molecule has 0 heterocycles. The summed E-state index contributed by atoms with van der Waals surface area (Å²) in [4.78, 5) is 0. The van der Waals surface area contributed by atoms with Crippen LogP contribution in [-0.2, 0) is 9.05 Å². The zero-order chi connectivity index (χ0) is 7.78. The van der Waals surface area contributed by atoms with E-state index < -0.39 is 20.5 Å². The van der Waals surface area contributed by atoms with Gasteiger partial charge in [-0.05, 0) is 19.3 Å². The second kappa shape index (κ2) is 2.66. The van der Waals surface area contributed by atoms with Gasteiger partial charge in [-0.15, -0.1) is 0 Å². The van der Waals surface area contributed by atoms with Crippen molar-refractivity contribution in [2.75, 3.05) is 0 Å². The van der Waals surface area contributed by atoms with Crippen LogP contribution in [0.2, 0.25) is 0 Å². The van der Waals surface area contributed by atoms with Crippen molar-refractivity contribution < 1.29 is 12.8 Å². The monoisotopic (exact) mass is 186 g/mol. The van der Waals surface area contributed by atoms with Crippen LogP contribution in [0.25, 0.3) is 0 Å². The van der Waals surface area contributed by atoms with Gasteiger partial charge in [-0.2, -0.15) is 0 Å². The third-order valence-electron chi connectivity index (χ3n) is 1.73. The van der Waals surface area contributed by atoms with E-state index in [0.717, 1.165) is 0 Å². The summed E-state index contributed by atoms with van der Waals surface area (Å²) in [7, 11) is 1.31. The zero-order valence-corrected chi connectivity index (χ0v) is 6.83. The van der Waals surface area contributed by atoms with E-state index in [1.54, 1.807) is 0 Å². The fourth-order valence-corrected chi connectivity index (χ4v) is 2.74. The van der Waals surface area contributed by atoms with Crippen LogP contribution in [0.15, 0.2) is 0 Å².